The number of carbonyl (C=O) groups excluding carboxylic acids is 2. The molecule has 1 aromatic carbocycles. The van der Waals surface area contributed by atoms with Gasteiger partial charge in [0.1, 0.15) is 5.75 Å². The highest BCUT2D eigenvalue weighted by molar-refractivity contribution is 5.91. The lowest BCUT2D eigenvalue weighted by atomic mass is 10.2. The molecule has 0 aromatic heterocycles. The van der Waals surface area contributed by atoms with Crippen LogP contribution in [0, 0.1) is 0 Å². The van der Waals surface area contributed by atoms with E-state index in [1.165, 1.54) is 7.11 Å². The second-order valence-electron chi connectivity index (χ2n) is 4.30. The molecule has 108 valence electrons. The van der Waals surface area contributed by atoms with Gasteiger partial charge in [-0.05, 0) is 18.2 Å². The van der Waals surface area contributed by atoms with Gasteiger partial charge in [-0.25, -0.2) is 4.79 Å². The van der Waals surface area contributed by atoms with Gasteiger partial charge in [0.2, 0.25) is 0 Å². The molecule has 0 spiro atoms. The quantitative estimate of drug-likeness (QED) is 0.759. The van der Waals surface area contributed by atoms with Gasteiger partial charge in [0.15, 0.2) is 6.61 Å². The Morgan fingerprint density at radius 2 is 2.05 bits per heavy atom. The maximum atomic E-state index is 11.8. The third-order valence-corrected chi connectivity index (χ3v) is 3.00. The van der Waals surface area contributed by atoms with E-state index in [-0.39, 0.29) is 12.5 Å². The molecule has 2 rings (SSSR count). The molecule has 1 aliphatic heterocycles. The minimum absolute atomic E-state index is 0.204. The fourth-order valence-electron chi connectivity index (χ4n) is 1.86. The molecule has 0 unspecified atom stereocenters. The van der Waals surface area contributed by atoms with Gasteiger partial charge in [-0.15, -0.1) is 0 Å². The van der Waals surface area contributed by atoms with Crippen molar-refractivity contribution in [3.05, 3.63) is 29.8 Å². The standard InChI is InChI=1S/C14H17NO5/c1-18-12-4-2-3-11(9-12)14(17)20-10-13(16)15-5-7-19-8-6-15/h2-4,9H,5-8,10H2,1H3. The van der Waals surface area contributed by atoms with Gasteiger partial charge < -0.3 is 19.1 Å². The number of rotatable bonds is 4. The van der Waals surface area contributed by atoms with Crippen LogP contribution in [0.5, 0.6) is 5.75 Å². The van der Waals surface area contributed by atoms with Gasteiger partial charge in [-0.1, -0.05) is 6.07 Å². The van der Waals surface area contributed by atoms with Gasteiger partial charge in [-0.2, -0.15) is 0 Å². The number of carbonyl (C=O) groups is 2. The van der Waals surface area contributed by atoms with Gasteiger partial charge >= 0.3 is 5.97 Å². The Kier molecular flexibility index (Phi) is 4.95. The van der Waals surface area contributed by atoms with Crippen LogP contribution in [0.1, 0.15) is 10.4 Å². The van der Waals surface area contributed by atoms with E-state index < -0.39 is 5.97 Å². The molecule has 20 heavy (non-hydrogen) atoms. The topological polar surface area (TPSA) is 65.1 Å². The van der Waals surface area contributed by atoms with Crippen molar-refractivity contribution in [3.8, 4) is 5.75 Å². The Hall–Kier alpha value is -2.08. The highest BCUT2D eigenvalue weighted by Crippen LogP contribution is 2.13. The summed E-state index contributed by atoms with van der Waals surface area (Å²) in [4.78, 5) is 25.3. The van der Waals surface area contributed by atoms with E-state index in [1.807, 2.05) is 0 Å². The average molecular weight is 279 g/mol. The van der Waals surface area contributed by atoms with Crippen LogP contribution >= 0.6 is 0 Å². The summed E-state index contributed by atoms with van der Waals surface area (Å²) < 4.78 is 15.2. The van der Waals surface area contributed by atoms with Crippen LogP contribution < -0.4 is 4.74 Å². The Labute approximate surface area is 117 Å². The molecule has 1 aromatic rings. The lowest BCUT2D eigenvalue weighted by Crippen LogP contribution is -2.42. The van der Waals surface area contributed by atoms with E-state index in [0.717, 1.165) is 0 Å². The molecule has 1 heterocycles. The summed E-state index contributed by atoms with van der Waals surface area (Å²) in [6.45, 7) is 1.87. The fourth-order valence-corrected chi connectivity index (χ4v) is 1.86. The number of morpholine rings is 1. The van der Waals surface area contributed by atoms with E-state index >= 15 is 0 Å². The smallest absolute Gasteiger partial charge is 0.338 e. The first-order chi connectivity index (χ1) is 9.70. The highest BCUT2D eigenvalue weighted by atomic mass is 16.5. The minimum Gasteiger partial charge on any atom is -0.497 e. The molecular weight excluding hydrogens is 262 g/mol. The normalized spacial score (nSPS) is 14.8. The molecule has 6 heteroatoms. The van der Waals surface area contributed by atoms with Gasteiger partial charge in [-0.3, -0.25) is 4.79 Å². The Balaban J connectivity index is 1.86. The van der Waals surface area contributed by atoms with Crippen molar-refractivity contribution in [2.75, 3.05) is 40.0 Å². The number of amides is 1. The molecule has 1 amide bonds. The predicted molar refractivity (Wildman–Crippen MR) is 70.7 cm³/mol. The van der Waals surface area contributed by atoms with E-state index in [0.29, 0.717) is 37.6 Å². The van der Waals surface area contributed by atoms with Crippen molar-refractivity contribution in [1.29, 1.82) is 0 Å². The number of hydrogen-bond acceptors (Lipinski definition) is 5. The summed E-state index contributed by atoms with van der Waals surface area (Å²) in [6.07, 6.45) is 0. The highest BCUT2D eigenvalue weighted by Gasteiger charge is 2.18. The van der Waals surface area contributed by atoms with Crippen molar-refractivity contribution in [2.45, 2.75) is 0 Å². The van der Waals surface area contributed by atoms with Crippen LogP contribution in [0.3, 0.4) is 0 Å². The summed E-state index contributed by atoms with van der Waals surface area (Å²) in [5.74, 6) is -0.172. The van der Waals surface area contributed by atoms with Crippen LogP contribution in [0.15, 0.2) is 24.3 Å². The summed E-state index contributed by atoms with van der Waals surface area (Å²) in [5.41, 5.74) is 0.360. The van der Waals surface area contributed by atoms with Crippen molar-refractivity contribution >= 4 is 11.9 Å². The second kappa shape index (κ2) is 6.91. The average Bonchev–Trinajstić information content (AvgIpc) is 2.53. The monoisotopic (exact) mass is 279 g/mol. The zero-order valence-corrected chi connectivity index (χ0v) is 11.3. The Bertz CT molecular complexity index is 482. The van der Waals surface area contributed by atoms with Crippen molar-refractivity contribution in [2.24, 2.45) is 0 Å². The van der Waals surface area contributed by atoms with Crippen molar-refractivity contribution in [3.63, 3.8) is 0 Å². The maximum absolute atomic E-state index is 11.8. The molecule has 0 N–H and O–H groups in total. The van der Waals surface area contributed by atoms with Crippen LogP contribution in [0.25, 0.3) is 0 Å². The van der Waals surface area contributed by atoms with E-state index in [9.17, 15) is 9.59 Å². The first kappa shape index (κ1) is 14.3. The number of esters is 1. The lowest BCUT2D eigenvalue weighted by molar-refractivity contribution is -0.138. The fraction of sp³-hybridized carbons (Fsp3) is 0.429. The molecule has 0 radical (unpaired) electrons. The van der Waals surface area contributed by atoms with Gasteiger partial charge in [0.25, 0.3) is 5.91 Å². The number of ether oxygens (including phenoxy) is 3. The number of methoxy groups -OCH3 is 1. The maximum Gasteiger partial charge on any atom is 0.338 e. The Morgan fingerprint density at radius 3 is 2.75 bits per heavy atom. The third-order valence-electron chi connectivity index (χ3n) is 3.00. The van der Waals surface area contributed by atoms with Crippen LogP contribution in [-0.2, 0) is 14.3 Å². The Morgan fingerprint density at radius 1 is 1.30 bits per heavy atom. The van der Waals surface area contributed by atoms with E-state index in [1.54, 1.807) is 29.2 Å². The molecule has 0 aliphatic carbocycles. The SMILES string of the molecule is COc1cccc(C(=O)OCC(=O)N2CCOCC2)c1. The van der Waals surface area contributed by atoms with Crippen LogP contribution in [0.2, 0.25) is 0 Å². The number of nitrogens with zero attached hydrogens (tertiary/aromatic N) is 1. The molecule has 0 saturated carbocycles. The van der Waals surface area contributed by atoms with Crippen LogP contribution in [0.4, 0.5) is 0 Å². The summed E-state index contributed by atoms with van der Waals surface area (Å²) in [7, 11) is 1.52. The van der Waals surface area contributed by atoms with Crippen molar-refractivity contribution in [1.82, 2.24) is 4.90 Å². The lowest BCUT2D eigenvalue weighted by Gasteiger charge is -2.26. The molecule has 0 atom stereocenters. The zero-order chi connectivity index (χ0) is 14.4. The van der Waals surface area contributed by atoms with Crippen molar-refractivity contribution < 1.29 is 23.8 Å². The molecule has 1 saturated heterocycles. The van der Waals surface area contributed by atoms with Gasteiger partial charge in [0.05, 0.1) is 25.9 Å². The number of hydrogen-bond donors (Lipinski definition) is 0. The van der Waals surface area contributed by atoms with E-state index in [4.69, 9.17) is 14.2 Å². The summed E-state index contributed by atoms with van der Waals surface area (Å²) in [6, 6.07) is 6.61. The number of benzene rings is 1. The summed E-state index contributed by atoms with van der Waals surface area (Å²) >= 11 is 0. The second-order valence-corrected chi connectivity index (χ2v) is 4.30. The molecule has 1 aliphatic rings. The largest absolute Gasteiger partial charge is 0.497 e. The molecule has 6 nitrogen and oxygen atoms in total. The van der Waals surface area contributed by atoms with Gasteiger partial charge in [0, 0.05) is 13.1 Å². The third kappa shape index (κ3) is 3.71. The molecular formula is C14H17NO5. The molecule has 0 bridgehead atoms. The molecule has 1 fully saturated rings. The first-order valence-corrected chi connectivity index (χ1v) is 6.37. The first-order valence-electron chi connectivity index (χ1n) is 6.37. The van der Waals surface area contributed by atoms with Crippen LogP contribution in [-0.4, -0.2) is 56.8 Å². The minimum atomic E-state index is -0.537. The summed E-state index contributed by atoms with van der Waals surface area (Å²) in [5, 5.41) is 0. The van der Waals surface area contributed by atoms with E-state index in [2.05, 4.69) is 0 Å². The zero-order valence-electron chi connectivity index (χ0n) is 11.3. The predicted octanol–water partition coefficient (Wildman–Crippen LogP) is 0.711.